The maximum atomic E-state index is 6.06. The number of nitrogens with zero attached hydrogens (tertiary/aromatic N) is 8. The van der Waals surface area contributed by atoms with Crippen LogP contribution in [0.5, 0.6) is 0 Å². The van der Waals surface area contributed by atoms with Crippen LogP contribution in [0.3, 0.4) is 0 Å². The van der Waals surface area contributed by atoms with Gasteiger partial charge < -0.3 is 19.0 Å². The van der Waals surface area contributed by atoms with Gasteiger partial charge in [0.15, 0.2) is 11.7 Å². The monoisotopic (exact) mass is 1440 g/mol. The van der Waals surface area contributed by atoms with E-state index in [0.29, 0.717) is 0 Å². The van der Waals surface area contributed by atoms with Gasteiger partial charge in [0.25, 0.3) is 0 Å². The molecule has 0 atom stereocenters. The Labute approximate surface area is 635 Å². The number of nitrogens with one attached hydrogen (secondary N) is 2. The molecule has 2 N–H and O–H groups in total. The molecule has 6 rings (SSSR count). The Bertz CT molecular complexity index is 2800. The van der Waals surface area contributed by atoms with Crippen LogP contribution in [-0.4, -0.2) is 49.2 Å². The summed E-state index contributed by atoms with van der Waals surface area (Å²) in [5, 5.41) is 5.98. The van der Waals surface area contributed by atoms with E-state index in [1.165, 1.54) is 55.4 Å². The molecule has 0 radical (unpaired) electrons. The van der Waals surface area contributed by atoms with Crippen LogP contribution in [0.15, 0.2) is 16.7 Å². The van der Waals surface area contributed by atoms with E-state index in [2.05, 4.69) is 405 Å². The largest absolute Gasteiger partial charge is 0.444 e. The summed E-state index contributed by atoms with van der Waals surface area (Å²) >= 11 is 1.89. The van der Waals surface area contributed by atoms with Crippen molar-refractivity contribution in [2.24, 2.45) is 0 Å². The van der Waals surface area contributed by atoms with Crippen LogP contribution in [0.2, 0.25) is 0 Å². The van der Waals surface area contributed by atoms with E-state index >= 15 is 0 Å². The Balaban J connectivity index is 0.000000612. The molecule has 0 aliphatic heterocycles. The van der Waals surface area contributed by atoms with Gasteiger partial charge in [0, 0.05) is 110 Å². The van der Waals surface area contributed by atoms with Crippen LogP contribution in [0.25, 0.3) is 0 Å². The van der Waals surface area contributed by atoms with Crippen molar-refractivity contribution in [3.05, 3.63) is 103 Å². The van der Waals surface area contributed by atoms with Crippen LogP contribution in [0.4, 0.5) is 0 Å². The molecule has 11 nitrogen and oxygen atoms in total. The number of oxazole rings is 1. The molecule has 6 aromatic rings. The maximum absolute atomic E-state index is 6.06. The molecule has 0 amide bonds. The number of aromatic amines is 2. The van der Waals surface area contributed by atoms with Crippen molar-refractivity contribution in [1.29, 1.82) is 0 Å². The van der Waals surface area contributed by atoms with Gasteiger partial charge in [-0.25, -0.2) is 29.6 Å². The summed E-state index contributed by atoms with van der Waals surface area (Å²) in [7, 11) is 0. The smallest absolute Gasteiger partial charge is 0.200 e. The van der Waals surface area contributed by atoms with Gasteiger partial charge in [0.05, 0.1) is 33.3 Å². The molecule has 0 bridgehead atoms. The second kappa shape index (κ2) is 30.7. The number of H-pyrrole nitrogens is 2. The van der Waals surface area contributed by atoms with Crippen molar-refractivity contribution >= 4 is 11.3 Å². The molecule has 0 aliphatic rings. The Morgan fingerprint density at radius 1 is 0.324 bits per heavy atom. The van der Waals surface area contributed by atoms with E-state index in [9.17, 15) is 0 Å². The third-order valence-corrected chi connectivity index (χ3v) is 18.7. The average Bonchev–Trinajstić information content (AvgIpc) is 1.68. The third kappa shape index (κ3) is 27.8. The zero-order valence-corrected chi connectivity index (χ0v) is 78.4. The number of thiazole rings is 1. The summed E-state index contributed by atoms with van der Waals surface area (Å²) in [5.74, 6) is 6.12. The molecule has 0 aromatic carbocycles. The first-order valence-electron chi connectivity index (χ1n) is 38.5. The zero-order valence-electron chi connectivity index (χ0n) is 77.5. The molecule has 0 saturated heterocycles. The molecule has 12 heteroatoms. The van der Waals surface area contributed by atoms with Crippen LogP contribution < -0.4 is 0 Å². The lowest BCUT2D eigenvalue weighted by atomic mass is 9.79. The fraction of sp³-hybridized carbons (Fsp3) is 0.800. The molecule has 102 heavy (non-hydrogen) atoms. The highest BCUT2D eigenvalue weighted by atomic mass is 32.1. The Morgan fingerprint density at radius 3 is 0.990 bits per heavy atom. The summed E-state index contributed by atoms with van der Waals surface area (Å²) in [4.78, 5) is 32.9. The molecular formula is C90H166N10OS. The molecule has 6 heterocycles. The maximum Gasteiger partial charge on any atom is 0.200 e. The number of hydrogen-bond donors (Lipinski definition) is 2. The van der Waals surface area contributed by atoms with Crippen molar-refractivity contribution in [2.75, 3.05) is 0 Å². The fourth-order valence-corrected chi connectivity index (χ4v) is 11.9. The molecule has 0 spiro atoms. The average molecular weight is 1440 g/mol. The normalized spacial score (nSPS) is 14.2. The number of aromatic nitrogens is 10. The first-order valence-corrected chi connectivity index (χ1v) is 39.3. The highest BCUT2D eigenvalue weighted by Crippen LogP contribution is 2.43. The van der Waals surface area contributed by atoms with Crippen molar-refractivity contribution in [3.63, 3.8) is 0 Å². The second-order valence-corrected chi connectivity index (χ2v) is 49.0. The highest BCUT2D eigenvalue weighted by molar-refractivity contribution is 7.12. The number of rotatable bonds is 0. The molecular weight excluding hydrogens is 1270 g/mol. The Morgan fingerprint density at radius 2 is 0.755 bits per heavy atom. The second-order valence-electron chi connectivity index (χ2n) is 48.0. The van der Waals surface area contributed by atoms with Crippen molar-refractivity contribution < 1.29 is 4.42 Å². The SMILES string of the molecule is CC(C)(C)c1cc(C(C)(C)C)c(C(C)(C)C)[nH]1.CC(C)(C)c1cn(C(C)(C)C)c(C(C)(C)C)n1.CC(C)(C)c1nc(C(C)(C)C)c(C(C)(C)C)[nH]1.CC(C)(C)c1nc(C(C)(C)C)c(C(C)(C)C)o1.CC(C)(C)c1nc(C(C)(C)C)c(C(C)(C)C)s1.CC(C)(C)c1nc(C(C)(C)C)n(C(C)(C)C)n1. The van der Waals surface area contributed by atoms with E-state index in [1.54, 1.807) is 0 Å². The van der Waals surface area contributed by atoms with E-state index in [0.717, 1.165) is 34.8 Å². The van der Waals surface area contributed by atoms with Gasteiger partial charge in [-0.2, -0.15) is 5.10 Å². The van der Waals surface area contributed by atoms with Crippen LogP contribution in [0.1, 0.15) is 464 Å². The van der Waals surface area contributed by atoms with Crippen molar-refractivity contribution in [3.8, 4) is 0 Å². The summed E-state index contributed by atoms with van der Waals surface area (Å²) < 4.78 is 10.5. The highest BCUT2D eigenvalue weighted by Gasteiger charge is 2.39. The minimum atomic E-state index is -0.0382. The van der Waals surface area contributed by atoms with Crippen molar-refractivity contribution in [1.82, 2.24) is 49.2 Å². The fourth-order valence-electron chi connectivity index (χ4n) is 10.5. The summed E-state index contributed by atoms with van der Waals surface area (Å²) in [6, 6.07) is 2.36. The predicted molar refractivity (Wildman–Crippen MR) is 449 cm³/mol. The molecule has 6 aromatic heterocycles. The molecule has 0 fully saturated rings. The molecule has 0 unspecified atom stereocenters. The molecule has 0 saturated carbocycles. The van der Waals surface area contributed by atoms with E-state index in [4.69, 9.17) is 34.4 Å². The Kier molecular flexibility index (Phi) is 28.8. The minimum absolute atomic E-state index is 0.000880. The van der Waals surface area contributed by atoms with Crippen molar-refractivity contribution in [2.45, 2.75) is 472 Å². The van der Waals surface area contributed by atoms with Crippen LogP contribution >= 0.6 is 11.3 Å². The zero-order chi connectivity index (χ0) is 81.9. The quantitative estimate of drug-likeness (QED) is 0.155. The van der Waals surface area contributed by atoms with Gasteiger partial charge in [-0.15, -0.1) is 11.3 Å². The minimum Gasteiger partial charge on any atom is -0.444 e. The summed E-state index contributed by atoms with van der Waals surface area (Å²) in [5.41, 5.74) is 11.7. The summed E-state index contributed by atoms with van der Waals surface area (Å²) in [6.45, 7) is 120. The van der Waals surface area contributed by atoms with Gasteiger partial charge >= 0.3 is 0 Å². The third-order valence-electron chi connectivity index (χ3n) is 16.8. The van der Waals surface area contributed by atoms with Crippen LogP contribution in [0, 0.1) is 0 Å². The Hall–Kier alpha value is -4.32. The standard InChI is InChI=1S/C16H29N.2C15H28N2.C15H27NO.C15H27NS.C14H27N3/c1-14(2,3)11-10-12(15(4,5)6)17-13(11)16(7,8)9;1-13(2,3)11-10-17(15(7,8)9)12(16-11)14(4,5)6;3*1-13(2,3)10-11(14(4,5)6)17-12(16-10)15(7,8)9;1-12(2,3)10-15-11(13(4,5)6)17(16-10)14(7,8)9/h10,17H,1-9H3;10H,1-9H3;1-9H3,(H,16,17);3*1-9H3. The van der Waals surface area contributed by atoms with E-state index < -0.39 is 0 Å². The lowest BCUT2D eigenvalue weighted by Crippen LogP contribution is -2.30. The number of imidazole rings is 2. The van der Waals surface area contributed by atoms with Gasteiger partial charge in [0.2, 0.25) is 0 Å². The van der Waals surface area contributed by atoms with Gasteiger partial charge in [-0.1, -0.05) is 332 Å². The first kappa shape index (κ1) is 95.7. The first-order chi connectivity index (χ1) is 44.0. The molecule has 0 aliphatic carbocycles. The number of hydrogen-bond acceptors (Lipinski definition) is 8. The van der Waals surface area contributed by atoms with Crippen LogP contribution in [-0.2, 0) is 97.7 Å². The lowest BCUT2D eigenvalue weighted by molar-refractivity contribution is 0.315. The van der Waals surface area contributed by atoms with E-state index in [1.807, 2.05) is 11.3 Å². The van der Waals surface area contributed by atoms with Gasteiger partial charge in [0.1, 0.15) is 23.2 Å². The molecule has 588 valence electrons. The van der Waals surface area contributed by atoms with E-state index in [-0.39, 0.29) is 97.7 Å². The van der Waals surface area contributed by atoms with Gasteiger partial charge in [-0.3, -0.25) is 0 Å². The topological polar surface area (TPSA) is 132 Å². The lowest BCUT2D eigenvalue weighted by Gasteiger charge is -2.28. The summed E-state index contributed by atoms with van der Waals surface area (Å²) in [6.07, 6.45) is 2.22. The van der Waals surface area contributed by atoms with Gasteiger partial charge in [-0.05, 0) is 64.0 Å². The predicted octanol–water partition coefficient (Wildman–Crippen LogP) is 26.7.